The first kappa shape index (κ1) is 15.3. The van der Waals surface area contributed by atoms with Gasteiger partial charge >= 0.3 is 0 Å². The molecule has 1 aliphatic rings. The van der Waals surface area contributed by atoms with Gasteiger partial charge in [0.1, 0.15) is 12.2 Å². The van der Waals surface area contributed by atoms with E-state index in [0.29, 0.717) is 22.7 Å². The normalized spacial score (nSPS) is 28.4. The monoisotopic (exact) mass is 326 g/mol. The van der Waals surface area contributed by atoms with Gasteiger partial charge in [-0.1, -0.05) is 0 Å². The molecule has 3 heterocycles. The quantitative estimate of drug-likeness (QED) is 0.583. The number of fused-ring (bicyclic) bond motifs is 1. The Morgan fingerprint density at radius 3 is 2.86 bits per heavy atom. The summed E-state index contributed by atoms with van der Waals surface area (Å²) >= 11 is 1.54. The number of thioether (sulfide) groups is 1. The summed E-state index contributed by atoms with van der Waals surface area (Å²) in [5.41, 5.74) is 6.67. The fraction of sp³-hybridized carbons (Fsp3) is 0.583. The highest BCUT2D eigenvalue weighted by atomic mass is 32.2. The molecule has 10 heteroatoms. The number of aromatic nitrogens is 4. The van der Waals surface area contributed by atoms with Gasteiger partial charge in [0.2, 0.25) is 5.95 Å². The molecule has 0 spiro atoms. The molecule has 120 valence electrons. The molecule has 0 aromatic carbocycles. The predicted octanol–water partition coefficient (Wildman–Crippen LogP) is -0.568. The van der Waals surface area contributed by atoms with Gasteiger partial charge in [-0.15, -0.1) is 0 Å². The van der Waals surface area contributed by atoms with Gasteiger partial charge in [0.25, 0.3) is 0 Å². The van der Waals surface area contributed by atoms with Crippen molar-refractivity contribution in [3.63, 3.8) is 0 Å². The van der Waals surface area contributed by atoms with E-state index in [4.69, 9.17) is 10.5 Å². The molecular formula is C12H18N6O3S. The third-order valence-corrected chi connectivity index (χ3v) is 4.28. The zero-order valence-corrected chi connectivity index (χ0v) is 13.0. The number of nitrogens with two attached hydrogens (primary N) is 1. The maximum atomic E-state index is 10.3. The van der Waals surface area contributed by atoms with Gasteiger partial charge in [-0.2, -0.15) is 21.7 Å². The van der Waals surface area contributed by atoms with Crippen molar-refractivity contribution >= 4 is 34.7 Å². The molecule has 0 radical (unpaired) electrons. The summed E-state index contributed by atoms with van der Waals surface area (Å²) in [6.45, 7) is 0. The standard InChI is InChI=1S/C12H18N6O3S/c1-14-9-6-10(17-12(13)16-9)18(4-15-6)11-8(20)7(19)5(21-11)3-22-2/h4-5,7-8,11,19-20H,3H2,1-2H3,(H3,13,14,16,17)/t5-,7-,8-,11-/m1/s1. The lowest BCUT2D eigenvalue weighted by atomic mass is 10.1. The van der Waals surface area contributed by atoms with Crippen LogP contribution in [0.4, 0.5) is 11.8 Å². The number of aliphatic hydroxyl groups is 2. The second-order valence-electron chi connectivity index (χ2n) is 5.01. The van der Waals surface area contributed by atoms with Crippen LogP contribution >= 0.6 is 11.8 Å². The maximum absolute atomic E-state index is 10.3. The van der Waals surface area contributed by atoms with Crippen LogP contribution in [0.2, 0.25) is 0 Å². The molecule has 1 fully saturated rings. The Kier molecular flexibility index (Phi) is 4.08. The van der Waals surface area contributed by atoms with E-state index in [1.165, 1.54) is 18.1 Å². The van der Waals surface area contributed by atoms with Crippen molar-refractivity contribution in [1.29, 1.82) is 0 Å². The van der Waals surface area contributed by atoms with Crippen LogP contribution in [0, 0.1) is 0 Å². The SMILES string of the molecule is CNc1nc(N)nc2c1ncn2[C@@H]1O[C@H](CSC)[C@@H](O)[C@H]1O. The molecule has 2 aromatic rings. The molecule has 0 unspecified atom stereocenters. The molecule has 22 heavy (non-hydrogen) atoms. The van der Waals surface area contributed by atoms with Gasteiger partial charge in [-0.25, -0.2) is 4.98 Å². The van der Waals surface area contributed by atoms with Gasteiger partial charge in [0, 0.05) is 12.8 Å². The van der Waals surface area contributed by atoms with Crippen LogP contribution in [0.5, 0.6) is 0 Å². The van der Waals surface area contributed by atoms with E-state index >= 15 is 0 Å². The van der Waals surface area contributed by atoms with Crippen molar-refractivity contribution < 1.29 is 14.9 Å². The topological polar surface area (TPSA) is 131 Å². The smallest absolute Gasteiger partial charge is 0.224 e. The number of nitrogens with zero attached hydrogens (tertiary/aromatic N) is 4. The lowest BCUT2D eigenvalue weighted by Crippen LogP contribution is -2.32. The van der Waals surface area contributed by atoms with Crippen molar-refractivity contribution in [2.45, 2.75) is 24.5 Å². The fourth-order valence-electron chi connectivity index (χ4n) is 2.55. The van der Waals surface area contributed by atoms with Crippen LogP contribution < -0.4 is 11.1 Å². The summed E-state index contributed by atoms with van der Waals surface area (Å²) in [6.07, 6.45) is 0.171. The number of imidazole rings is 1. The number of nitrogens with one attached hydrogen (secondary N) is 1. The summed E-state index contributed by atoms with van der Waals surface area (Å²) < 4.78 is 7.34. The molecule has 4 atom stereocenters. The number of rotatable bonds is 4. The molecule has 9 nitrogen and oxygen atoms in total. The van der Waals surface area contributed by atoms with E-state index in [1.54, 1.807) is 11.6 Å². The second-order valence-corrected chi connectivity index (χ2v) is 5.92. The van der Waals surface area contributed by atoms with E-state index < -0.39 is 24.5 Å². The number of hydrogen-bond acceptors (Lipinski definition) is 9. The Bertz CT molecular complexity index is 680. The predicted molar refractivity (Wildman–Crippen MR) is 83.6 cm³/mol. The molecule has 0 saturated carbocycles. The highest BCUT2D eigenvalue weighted by Crippen LogP contribution is 2.33. The highest BCUT2D eigenvalue weighted by molar-refractivity contribution is 7.98. The average molecular weight is 326 g/mol. The minimum atomic E-state index is -1.07. The van der Waals surface area contributed by atoms with Gasteiger partial charge in [0.15, 0.2) is 23.2 Å². The van der Waals surface area contributed by atoms with Crippen molar-refractivity contribution in [2.75, 3.05) is 30.1 Å². The van der Waals surface area contributed by atoms with Crippen molar-refractivity contribution in [3.05, 3.63) is 6.33 Å². The van der Waals surface area contributed by atoms with Crippen molar-refractivity contribution in [1.82, 2.24) is 19.5 Å². The summed E-state index contributed by atoms with van der Waals surface area (Å²) in [7, 11) is 1.71. The number of aliphatic hydroxyl groups excluding tert-OH is 2. The molecule has 5 N–H and O–H groups in total. The lowest BCUT2D eigenvalue weighted by Gasteiger charge is -2.16. The highest BCUT2D eigenvalue weighted by Gasteiger charge is 2.44. The van der Waals surface area contributed by atoms with Crippen LogP contribution in [-0.2, 0) is 4.74 Å². The van der Waals surface area contributed by atoms with Gasteiger partial charge in [0.05, 0.1) is 12.4 Å². The number of ether oxygens (including phenoxy) is 1. The summed E-state index contributed by atoms with van der Waals surface area (Å²) in [6, 6.07) is 0. The Morgan fingerprint density at radius 2 is 2.18 bits per heavy atom. The number of nitrogen functional groups attached to an aromatic ring is 1. The Hall–Kier alpha value is -1.62. The molecule has 2 aromatic heterocycles. The summed E-state index contributed by atoms with van der Waals surface area (Å²) in [5.74, 6) is 1.17. The first-order valence-electron chi connectivity index (χ1n) is 6.75. The zero-order chi connectivity index (χ0) is 15.9. The fourth-order valence-corrected chi connectivity index (χ4v) is 3.16. The van der Waals surface area contributed by atoms with Crippen LogP contribution in [-0.4, -0.2) is 67.1 Å². The van der Waals surface area contributed by atoms with E-state index in [2.05, 4.69) is 20.3 Å². The molecule has 0 aliphatic carbocycles. The van der Waals surface area contributed by atoms with Crippen LogP contribution in [0.25, 0.3) is 11.2 Å². The minimum Gasteiger partial charge on any atom is -0.387 e. The first-order chi connectivity index (χ1) is 10.6. The number of hydrogen-bond donors (Lipinski definition) is 4. The third-order valence-electron chi connectivity index (χ3n) is 3.62. The Balaban J connectivity index is 2.02. The Labute approximate surface area is 130 Å². The van der Waals surface area contributed by atoms with Crippen LogP contribution in [0.1, 0.15) is 6.23 Å². The Morgan fingerprint density at radius 1 is 1.41 bits per heavy atom. The van der Waals surface area contributed by atoms with Crippen LogP contribution in [0.15, 0.2) is 6.33 Å². The van der Waals surface area contributed by atoms with Gasteiger partial charge in [-0.05, 0) is 6.26 Å². The molecular weight excluding hydrogens is 308 g/mol. The van der Waals surface area contributed by atoms with Crippen LogP contribution in [0.3, 0.4) is 0 Å². The largest absolute Gasteiger partial charge is 0.387 e. The van der Waals surface area contributed by atoms with Crippen molar-refractivity contribution in [3.8, 4) is 0 Å². The zero-order valence-electron chi connectivity index (χ0n) is 12.2. The van der Waals surface area contributed by atoms with E-state index in [-0.39, 0.29) is 5.95 Å². The van der Waals surface area contributed by atoms with E-state index in [9.17, 15) is 10.2 Å². The van der Waals surface area contributed by atoms with E-state index in [0.717, 1.165) is 0 Å². The molecule has 1 saturated heterocycles. The van der Waals surface area contributed by atoms with Gasteiger partial charge < -0.3 is 26.0 Å². The lowest BCUT2D eigenvalue weighted by molar-refractivity contribution is -0.0288. The second kappa shape index (κ2) is 5.88. The molecule has 0 amide bonds. The minimum absolute atomic E-state index is 0.0901. The summed E-state index contributed by atoms with van der Waals surface area (Å²) in [4.78, 5) is 12.5. The molecule has 0 bridgehead atoms. The molecule has 1 aliphatic heterocycles. The number of anilines is 2. The maximum Gasteiger partial charge on any atom is 0.224 e. The third kappa shape index (κ3) is 2.37. The van der Waals surface area contributed by atoms with E-state index in [1.807, 2.05) is 6.26 Å². The first-order valence-corrected chi connectivity index (χ1v) is 8.14. The summed E-state index contributed by atoms with van der Waals surface area (Å²) in [5, 5.41) is 23.3. The average Bonchev–Trinajstić information content (AvgIpc) is 3.03. The van der Waals surface area contributed by atoms with Gasteiger partial charge in [-0.3, -0.25) is 4.57 Å². The molecule has 3 rings (SSSR count). The van der Waals surface area contributed by atoms with Crippen molar-refractivity contribution in [2.24, 2.45) is 0 Å².